The molecule has 0 bridgehead atoms. The second-order valence-electron chi connectivity index (χ2n) is 5.70. The molecule has 1 heterocycles. The fourth-order valence-electron chi connectivity index (χ4n) is 2.76. The Hall–Kier alpha value is -2.74. The third-order valence-corrected chi connectivity index (χ3v) is 5.43. The highest BCUT2D eigenvalue weighted by atomic mass is 32.2. The minimum atomic E-state index is -4.01. The van der Waals surface area contributed by atoms with E-state index in [-0.39, 0.29) is 16.7 Å². The molecule has 1 fully saturated rings. The molecule has 2 aromatic carbocycles. The van der Waals surface area contributed by atoms with Crippen molar-refractivity contribution in [1.29, 1.82) is 0 Å². The second-order valence-corrected chi connectivity index (χ2v) is 7.24. The molecule has 1 saturated heterocycles. The Balaban J connectivity index is 1.80. The van der Waals surface area contributed by atoms with E-state index in [4.69, 9.17) is 8.92 Å². The number of amides is 2. The number of carbonyl (C=O) groups is 1. The summed E-state index contributed by atoms with van der Waals surface area (Å²) in [5, 5.41) is 0. The van der Waals surface area contributed by atoms with E-state index in [1.54, 1.807) is 40.1 Å². The van der Waals surface area contributed by atoms with E-state index < -0.39 is 10.1 Å². The van der Waals surface area contributed by atoms with Crippen LogP contribution in [0.3, 0.4) is 0 Å². The predicted molar refractivity (Wildman–Crippen MR) is 97.2 cm³/mol. The molecule has 1 aliphatic rings. The lowest BCUT2D eigenvalue weighted by Gasteiger charge is -2.17. The fraction of sp³-hybridized carbons (Fsp3) is 0.278. The van der Waals surface area contributed by atoms with Crippen LogP contribution in [0.25, 0.3) is 0 Å². The molecule has 0 saturated carbocycles. The van der Waals surface area contributed by atoms with E-state index in [1.165, 1.54) is 25.3 Å². The van der Waals surface area contributed by atoms with Gasteiger partial charge in [0.2, 0.25) is 0 Å². The van der Waals surface area contributed by atoms with Gasteiger partial charge >= 0.3 is 16.1 Å². The number of likely N-dealkylation sites (N-methyl/N-ethyl adjacent to an activating group) is 1. The van der Waals surface area contributed by atoms with Crippen LogP contribution in [0.4, 0.5) is 10.5 Å². The SMILES string of the molecule is CCN1CCN(c2ccc(S(=O)(=O)Oc3ccccc3OC)cc2)C1=O. The summed E-state index contributed by atoms with van der Waals surface area (Å²) < 4.78 is 35.3. The number of hydrogen-bond donors (Lipinski definition) is 0. The maximum Gasteiger partial charge on any atom is 0.339 e. The Morgan fingerprint density at radius 1 is 1.00 bits per heavy atom. The summed E-state index contributed by atoms with van der Waals surface area (Å²) in [6.07, 6.45) is 0. The van der Waals surface area contributed by atoms with Crippen LogP contribution in [0, 0.1) is 0 Å². The van der Waals surface area contributed by atoms with Crippen molar-refractivity contribution in [2.75, 3.05) is 31.6 Å². The van der Waals surface area contributed by atoms with Crippen LogP contribution in [-0.2, 0) is 10.1 Å². The summed E-state index contributed by atoms with van der Waals surface area (Å²) in [5.74, 6) is 0.447. The zero-order valence-corrected chi connectivity index (χ0v) is 15.4. The Labute approximate surface area is 152 Å². The van der Waals surface area contributed by atoms with Crippen LogP contribution in [0.5, 0.6) is 11.5 Å². The highest BCUT2D eigenvalue weighted by Crippen LogP contribution is 2.30. The third kappa shape index (κ3) is 3.45. The smallest absolute Gasteiger partial charge is 0.339 e. The molecule has 8 heteroatoms. The summed E-state index contributed by atoms with van der Waals surface area (Å²) in [6, 6.07) is 12.5. The number of urea groups is 1. The van der Waals surface area contributed by atoms with Crippen LogP contribution in [0.2, 0.25) is 0 Å². The number of nitrogens with zero attached hydrogens (tertiary/aromatic N) is 2. The van der Waals surface area contributed by atoms with Gasteiger partial charge in [-0.2, -0.15) is 8.42 Å². The fourth-order valence-corrected chi connectivity index (χ4v) is 3.70. The van der Waals surface area contributed by atoms with Gasteiger partial charge in [-0.05, 0) is 43.3 Å². The van der Waals surface area contributed by atoms with E-state index in [1.807, 2.05) is 6.92 Å². The van der Waals surface area contributed by atoms with Gasteiger partial charge in [-0.25, -0.2) is 4.79 Å². The molecule has 2 amide bonds. The van der Waals surface area contributed by atoms with E-state index in [2.05, 4.69) is 0 Å². The maximum atomic E-state index is 12.5. The number of carbonyl (C=O) groups excluding carboxylic acids is 1. The van der Waals surface area contributed by atoms with Gasteiger partial charge in [0.1, 0.15) is 4.90 Å². The van der Waals surface area contributed by atoms with Crippen LogP contribution >= 0.6 is 0 Å². The molecule has 3 rings (SSSR count). The molecular formula is C18H20N2O5S. The average Bonchev–Trinajstić information content (AvgIpc) is 3.02. The van der Waals surface area contributed by atoms with Gasteiger partial charge in [0.25, 0.3) is 0 Å². The Morgan fingerprint density at radius 3 is 2.23 bits per heavy atom. The van der Waals surface area contributed by atoms with Crippen LogP contribution in [0.15, 0.2) is 53.4 Å². The van der Waals surface area contributed by atoms with Crippen molar-refractivity contribution >= 4 is 21.8 Å². The number of hydrogen-bond acceptors (Lipinski definition) is 5. The third-order valence-electron chi connectivity index (χ3n) is 4.18. The molecule has 2 aromatic rings. The van der Waals surface area contributed by atoms with Gasteiger partial charge in [0.15, 0.2) is 11.5 Å². The molecule has 0 aliphatic carbocycles. The van der Waals surface area contributed by atoms with Crippen molar-refractivity contribution < 1.29 is 22.1 Å². The lowest BCUT2D eigenvalue weighted by atomic mass is 10.3. The molecule has 7 nitrogen and oxygen atoms in total. The molecule has 138 valence electrons. The molecule has 0 atom stereocenters. The van der Waals surface area contributed by atoms with Gasteiger partial charge in [0, 0.05) is 25.3 Å². The van der Waals surface area contributed by atoms with E-state index >= 15 is 0 Å². The monoisotopic (exact) mass is 376 g/mol. The van der Waals surface area contributed by atoms with E-state index in [9.17, 15) is 13.2 Å². The van der Waals surface area contributed by atoms with E-state index in [0.29, 0.717) is 31.1 Å². The van der Waals surface area contributed by atoms with Crippen molar-refractivity contribution in [3.63, 3.8) is 0 Å². The van der Waals surface area contributed by atoms with E-state index in [0.717, 1.165) is 0 Å². The van der Waals surface area contributed by atoms with Crippen molar-refractivity contribution in [1.82, 2.24) is 4.90 Å². The largest absolute Gasteiger partial charge is 0.493 e. The summed E-state index contributed by atoms with van der Waals surface area (Å²) >= 11 is 0. The summed E-state index contributed by atoms with van der Waals surface area (Å²) in [5.41, 5.74) is 0.655. The van der Waals surface area contributed by atoms with Crippen molar-refractivity contribution in [3.05, 3.63) is 48.5 Å². The Morgan fingerprint density at radius 2 is 1.65 bits per heavy atom. The first kappa shape index (κ1) is 18.1. The molecule has 0 N–H and O–H groups in total. The number of methoxy groups -OCH3 is 1. The number of rotatable bonds is 6. The first-order chi connectivity index (χ1) is 12.5. The first-order valence-electron chi connectivity index (χ1n) is 8.20. The van der Waals surface area contributed by atoms with Crippen molar-refractivity contribution in [3.8, 4) is 11.5 Å². The zero-order chi connectivity index (χ0) is 18.7. The molecule has 0 radical (unpaired) electrons. The Bertz CT molecular complexity index is 896. The van der Waals surface area contributed by atoms with Crippen molar-refractivity contribution in [2.24, 2.45) is 0 Å². The van der Waals surface area contributed by atoms with Gasteiger partial charge < -0.3 is 13.8 Å². The topological polar surface area (TPSA) is 76.2 Å². The minimum absolute atomic E-state index is 0.00569. The molecule has 0 spiro atoms. The normalized spacial score (nSPS) is 14.6. The van der Waals surface area contributed by atoms with Gasteiger partial charge in [-0.3, -0.25) is 4.90 Å². The highest BCUT2D eigenvalue weighted by molar-refractivity contribution is 7.87. The number of benzene rings is 2. The quantitative estimate of drug-likeness (QED) is 0.725. The number of anilines is 1. The summed E-state index contributed by atoms with van der Waals surface area (Å²) in [4.78, 5) is 15.6. The van der Waals surface area contributed by atoms with Gasteiger partial charge in [-0.15, -0.1) is 0 Å². The minimum Gasteiger partial charge on any atom is -0.493 e. The van der Waals surface area contributed by atoms with Gasteiger partial charge in [-0.1, -0.05) is 12.1 Å². The molecule has 26 heavy (non-hydrogen) atoms. The van der Waals surface area contributed by atoms with Gasteiger partial charge in [0.05, 0.1) is 7.11 Å². The summed E-state index contributed by atoms with van der Waals surface area (Å²) in [7, 11) is -2.57. The van der Waals surface area contributed by atoms with Crippen LogP contribution in [-0.4, -0.2) is 46.1 Å². The predicted octanol–water partition coefficient (Wildman–Crippen LogP) is 2.72. The van der Waals surface area contributed by atoms with Crippen LogP contribution in [0.1, 0.15) is 6.92 Å². The van der Waals surface area contributed by atoms with Crippen LogP contribution < -0.4 is 13.8 Å². The lowest BCUT2D eigenvalue weighted by Crippen LogP contribution is -2.31. The molecule has 0 unspecified atom stereocenters. The number of ether oxygens (including phenoxy) is 1. The standard InChI is InChI=1S/C18H20N2O5S/c1-3-19-12-13-20(18(19)21)14-8-10-15(11-9-14)26(22,23)25-17-7-5-4-6-16(17)24-2/h4-11H,3,12-13H2,1-2H3. The first-order valence-corrected chi connectivity index (χ1v) is 9.61. The molecule has 1 aliphatic heterocycles. The number of para-hydroxylation sites is 2. The average molecular weight is 376 g/mol. The Kier molecular flexibility index (Phi) is 5.03. The van der Waals surface area contributed by atoms with Crippen molar-refractivity contribution in [2.45, 2.75) is 11.8 Å². The zero-order valence-electron chi connectivity index (χ0n) is 14.6. The highest BCUT2D eigenvalue weighted by Gasteiger charge is 2.28. The maximum absolute atomic E-state index is 12.5. The second kappa shape index (κ2) is 7.25. The summed E-state index contributed by atoms with van der Waals surface area (Å²) in [6.45, 7) is 3.81. The molecular weight excluding hydrogens is 356 g/mol. The lowest BCUT2D eigenvalue weighted by molar-refractivity contribution is 0.223. The molecule has 0 aromatic heterocycles.